The van der Waals surface area contributed by atoms with Gasteiger partial charge in [0.2, 0.25) is 0 Å². The molecule has 3 rings (SSSR count). The number of nitrogens with zero attached hydrogens (tertiary/aromatic N) is 3. The normalized spacial score (nSPS) is 20.7. The Labute approximate surface area is 143 Å². The third-order valence-electron chi connectivity index (χ3n) is 4.80. The van der Waals surface area contributed by atoms with E-state index < -0.39 is 0 Å². The van der Waals surface area contributed by atoms with Crippen LogP contribution in [0, 0.1) is 18.8 Å². The van der Waals surface area contributed by atoms with Crippen LogP contribution in [0.5, 0.6) is 0 Å². The van der Waals surface area contributed by atoms with Crippen molar-refractivity contribution in [3.05, 3.63) is 16.1 Å². The number of guanidine groups is 1. The van der Waals surface area contributed by atoms with Crippen LogP contribution in [0.4, 0.5) is 0 Å². The van der Waals surface area contributed by atoms with Gasteiger partial charge in [-0.3, -0.25) is 9.89 Å². The van der Waals surface area contributed by atoms with Crippen molar-refractivity contribution in [3.63, 3.8) is 0 Å². The van der Waals surface area contributed by atoms with Gasteiger partial charge >= 0.3 is 0 Å². The predicted octanol–water partition coefficient (Wildman–Crippen LogP) is 2.24. The summed E-state index contributed by atoms with van der Waals surface area (Å²) in [5.74, 6) is 2.60. The number of hydrogen-bond donors (Lipinski definition) is 2. The molecule has 1 saturated carbocycles. The average Bonchev–Trinajstić information content (AvgIpc) is 3.30. The topological polar surface area (TPSA) is 52.6 Å². The highest BCUT2D eigenvalue weighted by Crippen LogP contribution is 2.27. The Bertz CT molecular complexity index is 515. The van der Waals surface area contributed by atoms with Gasteiger partial charge in [-0.05, 0) is 57.5 Å². The molecule has 2 heterocycles. The number of aromatic nitrogens is 1. The third kappa shape index (κ3) is 5.46. The Morgan fingerprint density at radius 3 is 2.39 bits per heavy atom. The molecule has 5 nitrogen and oxygen atoms in total. The Kier molecular flexibility index (Phi) is 5.89. The second-order valence-corrected chi connectivity index (χ2v) is 7.92. The Balaban J connectivity index is 1.33. The first-order valence-electron chi connectivity index (χ1n) is 8.81. The third-order valence-corrected chi connectivity index (χ3v) is 5.62. The summed E-state index contributed by atoms with van der Waals surface area (Å²) < 4.78 is 0. The number of aryl methyl sites for hydroxylation is 1. The number of hydrogen-bond acceptors (Lipinski definition) is 4. The molecule has 0 aromatic carbocycles. The lowest BCUT2D eigenvalue weighted by molar-refractivity contribution is 0.176. The highest BCUT2D eigenvalue weighted by molar-refractivity contribution is 7.09. The fourth-order valence-electron chi connectivity index (χ4n) is 3.08. The van der Waals surface area contributed by atoms with E-state index in [4.69, 9.17) is 0 Å². The summed E-state index contributed by atoms with van der Waals surface area (Å²) in [5, 5.41) is 10.3. The molecule has 2 aliphatic rings. The fraction of sp³-hybridized carbons (Fsp3) is 0.765. The number of likely N-dealkylation sites (tertiary alicyclic amines) is 1. The maximum absolute atomic E-state index is 4.57. The molecule has 0 amide bonds. The van der Waals surface area contributed by atoms with Crippen LogP contribution in [-0.2, 0) is 6.54 Å². The maximum atomic E-state index is 4.57. The van der Waals surface area contributed by atoms with E-state index in [0.29, 0.717) is 0 Å². The van der Waals surface area contributed by atoms with E-state index in [0.717, 1.165) is 37.4 Å². The van der Waals surface area contributed by atoms with Crippen LogP contribution >= 0.6 is 11.3 Å². The van der Waals surface area contributed by atoms with Gasteiger partial charge in [0, 0.05) is 32.1 Å². The number of nitrogens with one attached hydrogen (secondary N) is 2. The lowest BCUT2D eigenvalue weighted by atomic mass is 9.97. The second kappa shape index (κ2) is 8.11. The van der Waals surface area contributed by atoms with E-state index in [-0.39, 0.29) is 0 Å². The Hall–Kier alpha value is -1.14. The largest absolute Gasteiger partial charge is 0.356 e. The van der Waals surface area contributed by atoms with Crippen LogP contribution in [0.1, 0.15) is 36.4 Å². The van der Waals surface area contributed by atoms with Crippen molar-refractivity contribution >= 4 is 17.3 Å². The zero-order valence-corrected chi connectivity index (χ0v) is 15.2. The smallest absolute Gasteiger partial charge is 0.190 e. The minimum absolute atomic E-state index is 0.753. The van der Waals surface area contributed by atoms with Crippen molar-refractivity contribution < 1.29 is 0 Å². The molecule has 0 atom stereocenters. The van der Waals surface area contributed by atoms with Gasteiger partial charge in [-0.25, -0.2) is 4.98 Å². The summed E-state index contributed by atoms with van der Waals surface area (Å²) in [6.07, 6.45) is 5.27. The molecule has 128 valence electrons. The molecule has 23 heavy (non-hydrogen) atoms. The van der Waals surface area contributed by atoms with Crippen molar-refractivity contribution in [2.24, 2.45) is 16.8 Å². The number of aliphatic imine (C=N–C) groups is 1. The zero-order valence-electron chi connectivity index (χ0n) is 14.3. The van der Waals surface area contributed by atoms with E-state index in [2.05, 4.69) is 37.8 Å². The first-order chi connectivity index (χ1) is 11.2. The SMILES string of the molecule is CN=C(NCC1CC1)NCC1CCN(Cc2csc(C)n2)CC1. The van der Waals surface area contributed by atoms with E-state index in [1.165, 1.54) is 49.5 Å². The minimum Gasteiger partial charge on any atom is -0.356 e. The molecule has 1 saturated heterocycles. The molecular formula is C17H29N5S. The van der Waals surface area contributed by atoms with Gasteiger partial charge < -0.3 is 10.6 Å². The van der Waals surface area contributed by atoms with Crippen molar-refractivity contribution in [2.45, 2.75) is 39.2 Å². The van der Waals surface area contributed by atoms with Crippen molar-refractivity contribution in [3.8, 4) is 0 Å². The molecule has 1 aromatic heterocycles. The summed E-state index contributed by atoms with van der Waals surface area (Å²) in [5.41, 5.74) is 1.23. The van der Waals surface area contributed by atoms with Crippen LogP contribution in [0.2, 0.25) is 0 Å². The lowest BCUT2D eigenvalue weighted by Crippen LogP contribution is -2.43. The lowest BCUT2D eigenvalue weighted by Gasteiger charge is -2.31. The summed E-state index contributed by atoms with van der Waals surface area (Å²) in [7, 11) is 1.86. The van der Waals surface area contributed by atoms with Gasteiger partial charge in [0.05, 0.1) is 10.7 Å². The van der Waals surface area contributed by atoms with Crippen LogP contribution in [-0.4, -0.2) is 49.1 Å². The molecule has 2 fully saturated rings. The predicted molar refractivity (Wildman–Crippen MR) is 96.9 cm³/mol. The average molecular weight is 336 g/mol. The Morgan fingerprint density at radius 1 is 1.22 bits per heavy atom. The van der Waals surface area contributed by atoms with Crippen LogP contribution < -0.4 is 10.6 Å². The van der Waals surface area contributed by atoms with Crippen molar-refractivity contribution in [1.29, 1.82) is 0 Å². The van der Waals surface area contributed by atoms with Crippen LogP contribution in [0.15, 0.2) is 10.4 Å². The molecule has 0 radical (unpaired) electrons. The van der Waals surface area contributed by atoms with Gasteiger partial charge in [-0.2, -0.15) is 0 Å². The summed E-state index contributed by atoms with van der Waals surface area (Å²) in [4.78, 5) is 11.4. The quantitative estimate of drug-likeness (QED) is 0.618. The zero-order chi connectivity index (χ0) is 16.1. The van der Waals surface area contributed by atoms with E-state index in [1.807, 2.05) is 7.05 Å². The highest BCUT2D eigenvalue weighted by Gasteiger charge is 2.22. The number of rotatable bonds is 6. The summed E-state index contributed by atoms with van der Waals surface area (Å²) in [6, 6.07) is 0. The van der Waals surface area contributed by atoms with E-state index in [1.54, 1.807) is 11.3 Å². The second-order valence-electron chi connectivity index (χ2n) is 6.85. The summed E-state index contributed by atoms with van der Waals surface area (Å²) in [6.45, 7) is 7.55. The van der Waals surface area contributed by atoms with E-state index >= 15 is 0 Å². The number of piperidine rings is 1. The molecule has 0 bridgehead atoms. The van der Waals surface area contributed by atoms with Gasteiger partial charge in [0.1, 0.15) is 0 Å². The molecule has 0 spiro atoms. The summed E-state index contributed by atoms with van der Waals surface area (Å²) >= 11 is 1.75. The standard InChI is InChI=1S/C17H29N5S/c1-13-21-16(12-23-13)11-22-7-5-15(6-8-22)10-20-17(18-2)19-9-14-3-4-14/h12,14-15H,3-11H2,1-2H3,(H2,18,19,20). The molecule has 0 unspecified atom stereocenters. The van der Waals surface area contributed by atoms with Gasteiger partial charge in [-0.15, -0.1) is 11.3 Å². The Morgan fingerprint density at radius 2 is 1.87 bits per heavy atom. The fourth-order valence-corrected chi connectivity index (χ4v) is 3.69. The molecule has 6 heteroatoms. The first kappa shape index (κ1) is 16.7. The molecule has 1 aliphatic carbocycles. The maximum Gasteiger partial charge on any atom is 0.190 e. The van der Waals surface area contributed by atoms with E-state index in [9.17, 15) is 0 Å². The van der Waals surface area contributed by atoms with Gasteiger partial charge in [0.15, 0.2) is 5.96 Å². The minimum atomic E-state index is 0.753. The van der Waals surface area contributed by atoms with Crippen molar-refractivity contribution in [1.82, 2.24) is 20.5 Å². The molecule has 2 N–H and O–H groups in total. The molecule has 1 aliphatic heterocycles. The molecular weight excluding hydrogens is 306 g/mol. The first-order valence-corrected chi connectivity index (χ1v) is 9.69. The van der Waals surface area contributed by atoms with Crippen LogP contribution in [0.25, 0.3) is 0 Å². The molecule has 1 aromatic rings. The monoisotopic (exact) mass is 335 g/mol. The van der Waals surface area contributed by atoms with Gasteiger partial charge in [0.25, 0.3) is 0 Å². The highest BCUT2D eigenvalue weighted by atomic mass is 32.1. The van der Waals surface area contributed by atoms with Crippen molar-refractivity contribution in [2.75, 3.05) is 33.2 Å². The van der Waals surface area contributed by atoms with Crippen LogP contribution in [0.3, 0.4) is 0 Å². The van der Waals surface area contributed by atoms with Gasteiger partial charge in [-0.1, -0.05) is 0 Å². The number of thiazole rings is 1.